The van der Waals surface area contributed by atoms with Gasteiger partial charge in [0.05, 0.1) is 13.7 Å². The summed E-state index contributed by atoms with van der Waals surface area (Å²) in [4.78, 5) is 11.9. The van der Waals surface area contributed by atoms with Gasteiger partial charge in [0.25, 0.3) is 0 Å². The minimum atomic E-state index is -0.478. The van der Waals surface area contributed by atoms with E-state index in [0.717, 1.165) is 57.5 Å². The Bertz CT molecular complexity index is 1480. The number of nitrogens with two attached hydrogens (primary N) is 1. The number of rotatable bonds is 7. The van der Waals surface area contributed by atoms with Crippen molar-refractivity contribution in [1.29, 1.82) is 0 Å². The highest BCUT2D eigenvalue weighted by Gasteiger charge is 2.30. The molecule has 0 aromatic heterocycles. The second-order valence-corrected chi connectivity index (χ2v) is 10.0. The largest absolute Gasteiger partial charge is 0.497 e. The lowest BCUT2D eigenvalue weighted by Gasteiger charge is -2.31. The molecular formula is C32H32N2O4. The first-order chi connectivity index (χ1) is 18.6. The molecular weight excluding hydrogens is 476 g/mol. The molecule has 194 valence electrons. The first kappa shape index (κ1) is 24.3. The average Bonchev–Trinajstić information content (AvgIpc) is 2.96. The molecule has 0 radical (unpaired) electrons. The highest BCUT2D eigenvalue weighted by atomic mass is 16.5. The number of piperidine rings is 1. The molecule has 2 aliphatic heterocycles. The number of benzene rings is 4. The van der Waals surface area contributed by atoms with Crippen molar-refractivity contribution in [2.45, 2.75) is 37.8 Å². The van der Waals surface area contributed by atoms with Crippen LogP contribution in [0.1, 0.15) is 53.3 Å². The Balaban J connectivity index is 1.34. The van der Waals surface area contributed by atoms with Crippen LogP contribution in [0.15, 0.2) is 72.8 Å². The molecule has 0 saturated carbocycles. The van der Waals surface area contributed by atoms with Gasteiger partial charge in [0.1, 0.15) is 17.2 Å². The van der Waals surface area contributed by atoms with Gasteiger partial charge < -0.3 is 25.3 Å². The van der Waals surface area contributed by atoms with Crippen LogP contribution in [0, 0.1) is 0 Å². The quantitative estimate of drug-likeness (QED) is 0.320. The van der Waals surface area contributed by atoms with Crippen molar-refractivity contribution < 1.29 is 19.0 Å². The molecule has 2 heterocycles. The lowest BCUT2D eigenvalue weighted by molar-refractivity contribution is 0.0999. The summed E-state index contributed by atoms with van der Waals surface area (Å²) in [6, 6.07) is 24.4. The number of hydrogen-bond acceptors (Lipinski definition) is 5. The van der Waals surface area contributed by atoms with E-state index >= 15 is 0 Å². The first-order valence-corrected chi connectivity index (χ1v) is 13.3. The molecule has 4 aromatic rings. The number of fused-ring (bicyclic) bond motifs is 5. The van der Waals surface area contributed by atoms with Crippen LogP contribution in [0.3, 0.4) is 0 Å². The van der Waals surface area contributed by atoms with Gasteiger partial charge in [-0.05, 0) is 90.2 Å². The van der Waals surface area contributed by atoms with Crippen molar-refractivity contribution in [1.82, 2.24) is 5.32 Å². The summed E-state index contributed by atoms with van der Waals surface area (Å²) in [5.74, 6) is 1.82. The highest BCUT2D eigenvalue weighted by molar-refractivity contribution is 5.98. The number of methoxy groups -OCH3 is 1. The maximum Gasteiger partial charge on any atom is 0.248 e. The van der Waals surface area contributed by atoms with Crippen LogP contribution in [0.2, 0.25) is 0 Å². The van der Waals surface area contributed by atoms with Crippen LogP contribution in [-0.2, 0) is 0 Å². The molecule has 3 N–H and O–H groups in total. The fourth-order valence-electron chi connectivity index (χ4n) is 5.62. The van der Waals surface area contributed by atoms with Gasteiger partial charge in [0.15, 0.2) is 6.10 Å². The lowest BCUT2D eigenvalue weighted by Crippen LogP contribution is -2.35. The van der Waals surface area contributed by atoms with E-state index in [0.29, 0.717) is 24.0 Å². The Labute approximate surface area is 222 Å². The van der Waals surface area contributed by atoms with Gasteiger partial charge in [-0.1, -0.05) is 36.8 Å². The van der Waals surface area contributed by atoms with Crippen LogP contribution >= 0.6 is 0 Å². The zero-order valence-corrected chi connectivity index (χ0v) is 21.5. The second-order valence-electron chi connectivity index (χ2n) is 10.0. The topological polar surface area (TPSA) is 82.8 Å². The minimum Gasteiger partial charge on any atom is -0.497 e. The molecule has 1 amide bonds. The summed E-state index contributed by atoms with van der Waals surface area (Å²) in [5.41, 5.74) is 10.1. The Morgan fingerprint density at radius 2 is 1.79 bits per heavy atom. The molecule has 4 aromatic carbocycles. The SMILES string of the molecule is COc1ccc2c3c(ccc2c1)-c1ccc(C(N)=O)cc1OC3c1ccc(OCCC2CCCCN2)cc1. The molecule has 0 spiro atoms. The number of amides is 1. The zero-order valence-electron chi connectivity index (χ0n) is 21.5. The summed E-state index contributed by atoms with van der Waals surface area (Å²) in [6.45, 7) is 1.79. The second kappa shape index (κ2) is 10.4. The molecule has 0 bridgehead atoms. The molecule has 2 unspecified atom stereocenters. The first-order valence-electron chi connectivity index (χ1n) is 13.3. The molecule has 2 atom stereocenters. The number of carbonyl (C=O) groups excluding carboxylic acids is 1. The summed E-state index contributed by atoms with van der Waals surface area (Å²) in [7, 11) is 1.67. The number of carbonyl (C=O) groups is 1. The number of hydrogen-bond donors (Lipinski definition) is 2. The fraction of sp³-hybridized carbons (Fsp3) is 0.281. The van der Waals surface area contributed by atoms with E-state index in [1.807, 2.05) is 30.3 Å². The predicted octanol–water partition coefficient (Wildman–Crippen LogP) is 6.01. The van der Waals surface area contributed by atoms with Crippen LogP contribution in [0.4, 0.5) is 0 Å². The third kappa shape index (κ3) is 4.68. The monoisotopic (exact) mass is 508 g/mol. The van der Waals surface area contributed by atoms with Crippen molar-refractivity contribution >= 4 is 16.7 Å². The van der Waals surface area contributed by atoms with Crippen molar-refractivity contribution in [3.8, 4) is 28.4 Å². The van der Waals surface area contributed by atoms with Crippen LogP contribution in [-0.4, -0.2) is 32.2 Å². The molecule has 1 saturated heterocycles. The molecule has 0 aliphatic carbocycles. The van der Waals surface area contributed by atoms with E-state index < -0.39 is 5.91 Å². The van der Waals surface area contributed by atoms with Crippen molar-refractivity contribution in [2.75, 3.05) is 20.3 Å². The predicted molar refractivity (Wildman–Crippen MR) is 149 cm³/mol. The summed E-state index contributed by atoms with van der Waals surface area (Å²) in [5, 5.41) is 5.74. The van der Waals surface area contributed by atoms with E-state index in [9.17, 15) is 4.79 Å². The molecule has 6 nitrogen and oxygen atoms in total. The van der Waals surface area contributed by atoms with Gasteiger partial charge in [-0.3, -0.25) is 4.79 Å². The molecule has 6 rings (SSSR count). The van der Waals surface area contributed by atoms with Gasteiger partial charge in [-0.25, -0.2) is 0 Å². The minimum absolute atomic E-state index is 0.363. The summed E-state index contributed by atoms with van der Waals surface area (Å²) < 4.78 is 18.1. The third-order valence-corrected chi connectivity index (χ3v) is 7.66. The molecule has 2 aliphatic rings. The number of ether oxygens (including phenoxy) is 3. The van der Waals surface area contributed by atoms with Gasteiger partial charge in [0, 0.05) is 22.7 Å². The Morgan fingerprint density at radius 3 is 2.55 bits per heavy atom. The van der Waals surface area contributed by atoms with Gasteiger partial charge >= 0.3 is 0 Å². The van der Waals surface area contributed by atoms with E-state index in [-0.39, 0.29) is 6.10 Å². The van der Waals surface area contributed by atoms with Gasteiger partial charge in [-0.15, -0.1) is 0 Å². The van der Waals surface area contributed by atoms with Gasteiger partial charge in [0.2, 0.25) is 5.91 Å². The smallest absolute Gasteiger partial charge is 0.248 e. The van der Waals surface area contributed by atoms with Crippen LogP contribution < -0.4 is 25.3 Å². The molecule has 1 fully saturated rings. The maximum absolute atomic E-state index is 11.9. The highest BCUT2D eigenvalue weighted by Crippen LogP contribution is 2.48. The molecule has 38 heavy (non-hydrogen) atoms. The number of primary amides is 1. The number of nitrogens with one attached hydrogen (secondary N) is 1. The van der Waals surface area contributed by atoms with Crippen LogP contribution in [0.25, 0.3) is 21.9 Å². The lowest BCUT2D eigenvalue weighted by atomic mass is 9.85. The maximum atomic E-state index is 11.9. The summed E-state index contributed by atoms with van der Waals surface area (Å²) in [6.07, 6.45) is 4.43. The van der Waals surface area contributed by atoms with Crippen LogP contribution in [0.5, 0.6) is 17.2 Å². The Morgan fingerprint density at radius 1 is 0.974 bits per heavy atom. The molecule has 6 heteroatoms. The van der Waals surface area contributed by atoms with Crippen molar-refractivity contribution in [2.24, 2.45) is 5.73 Å². The van der Waals surface area contributed by atoms with E-state index in [2.05, 4.69) is 35.6 Å². The Kier molecular flexibility index (Phi) is 6.64. The van der Waals surface area contributed by atoms with Gasteiger partial charge in [-0.2, -0.15) is 0 Å². The normalized spacial score (nSPS) is 18.2. The summed E-state index contributed by atoms with van der Waals surface area (Å²) >= 11 is 0. The van der Waals surface area contributed by atoms with E-state index in [1.54, 1.807) is 19.2 Å². The zero-order chi connectivity index (χ0) is 26.1. The fourth-order valence-corrected chi connectivity index (χ4v) is 5.62. The Hall–Kier alpha value is -4.03. The standard InChI is InChI=1S/C32H32N2O4/c1-36-25-11-14-26-21(18-25)7-13-28-27-12-8-22(32(33)35)19-29(27)38-31(30(26)28)20-5-9-24(10-6-20)37-17-15-23-4-2-3-16-34-23/h5-14,18-19,23,31,34H,2-4,15-17H2,1H3,(H2,33,35). The third-order valence-electron chi connectivity index (χ3n) is 7.66. The van der Waals surface area contributed by atoms with Crippen molar-refractivity contribution in [3.05, 3.63) is 89.5 Å². The average molecular weight is 509 g/mol. The van der Waals surface area contributed by atoms with E-state index in [1.165, 1.54) is 19.3 Å². The van der Waals surface area contributed by atoms with E-state index in [4.69, 9.17) is 19.9 Å². The van der Waals surface area contributed by atoms with Crippen molar-refractivity contribution in [3.63, 3.8) is 0 Å².